The molecular weight excluding hydrogens is 344 g/mol. The fourth-order valence-corrected chi connectivity index (χ4v) is 2.06. The average Bonchev–Trinajstić information content (AvgIpc) is 2.82. The second kappa shape index (κ2) is 6.44. The largest absolute Gasteiger partial charge is 0.461 e. The molecule has 9 heteroatoms. The van der Waals surface area contributed by atoms with Crippen LogP contribution in [0.15, 0.2) is 33.1 Å². The molecule has 2 aromatic rings. The first-order valence-electron chi connectivity index (χ1n) is 5.92. The lowest BCUT2D eigenvalue weighted by atomic mass is 10.3. The molecule has 2 rings (SSSR count). The van der Waals surface area contributed by atoms with Gasteiger partial charge < -0.3 is 9.57 Å². The molecule has 0 aromatic carbocycles. The highest BCUT2D eigenvalue weighted by atomic mass is 79.9. The highest BCUT2D eigenvalue weighted by molar-refractivity contribution is 9.10. The summed E-state index contributed by atoms with van der Waals surface area (Å²) in [6.07, 6.45) is 1.61. The lowest BCUT2D eigenvalue weighted by molar-refractivity contribution is -0.135. The summed E-state index contributed by atoms with van der Waals surface area (Å²) in [5, 5.41) is 6.53. The second-order valence-electron chi connectivity index (χ2n) is 3.79. The van der Waals surface area contributed by atoms with E-state index in [2.05, 4.69) is 36.1 Å². The number of hydrogen-bond donors (Lipinski definition) is 0. The van der Waals surface area contributed by atoms with E-state index in [4.69, 9.17) is 4.74 Å². The normalized spacial score (nSPS) is 11.5. The lowest BCUT2D eigenvalue weighted by Crippen LogP contribution is -2.19. The number of halogens is 1. The molecule has 2 heterocycles. The summed E-state index contributed by atoms with van der Waals surface area (Å²) < 4.78 is 7.05. The summed E-state index contributed by atoms with van der Waals surface area (Å²) in [6.45, 7) is 1.81. The van der Waals surface area contributed by atoms with Crippen LogP contribution in [0, 0.1) is 4.91 Å². The van der Waals surface area contributed by atoms with E-state index in [0.717, 1.165) is 4.47 Å². The number of ether oxygens (including phenoxy) is 1. The van der Waals surface area contributed by atoms with Gasteiger partial charge in [-0.15, -0.1) is 4.91 Å². The van der Waals surface area contributed by atoms with Crippen molar-refractivity contribution in [2.45, 2.75) is 6.92 Å². The molecule has 0 spiro atoms. The number of rotatable bonds is 5. The smallest absolute Gasteiger partial charge is 0.362 e. The third kappa shape index (κ3) is 2.92. The minimum atomic E-state index is -0.744. The van der Waals surface area contributed by atoms with Crippen molar-refractivity contribution in [3.05, 3.63) is 33.4 Å². The van der Waals surface area contributed by atoms with Crippen molar-refractivity contribution in [1.82, 2.24) is 9.38 Å². The van der Waals surface area contributed by atoms with Crippen LogP contribution < -0.4 is 0 Å². The molecule has 0 saturated heterocycles. The van der Waals surface area contributed by atoms with Crippen molar-refractivity contribution in [1.29, 1.82) is 0 Å². The molecule has 0 aliphatic rings. The number of aromatic nitrogens is 2. The molecule has 0 fully saturated rings. The van der Waals surface area contributed by atoms with Gasteiger partial charge in [-0.1, -0.05) is 5.16 Å². The number of esters is 1. The van der Waals surface area contributed by atoms with Crippen LogP contribution in [0.3, 0.4) is 0 Å². The van der Waals surface area contributed by atoms with E-state index in [9.17, 15) is 9.70 Å². The summed E-state index contributed by atoms with van der Waals surface area (Å²) in [5.74, 6) is -0.804. The first-order valence-corrected chi connectivity index (χ1v) is 6.71. The Morgan fingerprint density at radius 3 is 2.86 bits per heavy atom. The number of fused-ring (bicyclic) bond motifs is 1. The van der Waals surface area contributed by atoms with E-state index >= 15 is 0 Å². The second-order valence-corrected chi connectivity index (χ2v) is 4.71. The third-order valence-corrected chi connectivity index (χ3v) is 2.99. The lowest BCUT2D eigenvalue weighted by Gasteiger charge is -2.02. The van der Waals surface area contributed by atoms with Crippen LogP contribution >= 0.6 is 15.9 Å². The Morgan fingerprint density at radius 1 is 1.48 bits per heavy atom. The van der Waals surface area contributed by atoms with Crippen molar-refractivity contribution < 1.29 is 14.4 Å². The molecule has 21 heavy (non-hydrogen) atoms. The Labute approximate surface area is 127 Å². The van der Waals surface area contributed by atoms with Crippen LogP contribution in [0.2, 0.25) is 0 Å². The number of imidazole rings is 1. The zero-order valence-corrected chi connectivity index (χ0v) is 12.8. The van der Waals surface area contributed by atoms with E-state index in [0.29, 0.717) is 5.65 Å². The summed E-state index contributed by atoms with van der Waals surface area (Å²) in [6, 6.07) is 3.41. The highest BCUT2D eigenvalue weighted by Crippen LogP contribution is 2.24. The van der Waals surface area contributed by atoms with Crippen LogP contribution in [0.5, 0.6) is 0 Å². The van der Waals surface area contributed by atoms with Gasteiger partial charge in [0.25, 0.3) is 0 Å². The standard InChI is InChI=1S/C12H11BrN4O4/c1-3-21-12(18)10(16-20-2)9-11(15-19)17-6-7(13)4-5-8(17)14-9/h4-6H,3H2,1-2H3/b16-10-. The molecular formula is C12H11BrN4O4. The molecule has 0 saturated carbocycles. The number of pyridine rings is 1. The van der Waals surface area contributed by atoms with E-state index in [-0.39, 0.29) is 23.8 Å². The summed E-state index contributed by atoms with van der Waals surface area (Å²) >= 11 is 3.29. The Hall–Kier alpha value is -2.29. The maximum absolute atomic E-state index is 11.9. The molecule has 0 amide bonds. The first-order chi connectivity index (χ1) is 10.1. The molecule has 0 bridgehead atoms. The summed E-state index contributed by atoms with van der Waals surface area (Å²) in [7, 11) is 1.28. The Bertz CT molecular complexity index is 725. The molecule has 2 aromatic heterocycles. The molecule has 110 valence electrons. The minimum absolute atomic E-state index is 0.00315. The SMILES string of the molecule is CCOC(=O)/C(=N\OC)c1nc2ccc(Br)cn2c1N=O. The number of carbonyl (C=O) groups excluding carboxylic acids is 1. The number of oxime groups is 1. The Morgan fingerprint density at radius 2 is 2.24 bits per heavy atom. The van der Waals surface area contributed by atoms with Gasteiger partial charge in [0.1, 0.15) is 18.5 Å². The van der Waals surface area contributed by atoms with Crippen molar-refractivity contribution in [3.8, 4) is 0 Å². The molecule has 0 atom stereocenters. The van der Waals surface area contributed by atoms with E-state index in [1.807, 2.05) is 0 Å². The van der Waals surface area contributed by atoms with Gasteiger partial charge in [0.2, 0.25) is 11.5 Å². The summed E-state index contributed by atoms with van der Waals surface area (Å²) in [5.41, 5.74) is 0.230. The van der Waals surface area contributed by atoms with Crippen LogP contribution in [-0.2, 0) is 14.4 Å². The quantitative estimate of drug-likeness (QED) is 0.355. The molecule has 0 radical (unpaired) electrons. The Balaban J connectivity index is 2.65. The van der Waals surface area contributed by atoms with Crippen molar-refractivity contribution >= 4 is 39.1 Å². The number of nitroso groups, excluding NO2 is 1. The Kier molecular flexibility index (Phi) is 4.63. The zero-order chi connectivity index (χ0) is 15.4. The first kappa shape index (κ1) is 15.1. The third-order valence-electron chi connectivity index (χ3n) is 2.52. The number of nitrogens with zero attached hydrogens (tertiary/aromatic N) is 4. The van der Waals surface area contributed by atoms with Crippen LogP contribution in [-0.4, -0.2) is 34.8 Å². The predicted octanol–water partition coefficient (Wildman–Crippen LogP) is 2.41. The van der Waals surface area contributed by atoms with Crippen LogP contribution in [0.25, 0.3) is 5.65 Å². The van der Waals surface area contributed by atoms with Gasteiger partial charge in [0.15, 0.2) is 0 Å². The van der Waals surface area contributed by atoms with Gasteiger partial charge in [0, 0.05) is 10.7 Å². The molecule has 0 unspecified atom stereocenters. The maximum atomic E-state index is 11.9. The highest BCUT2D eigenvalue weighted by Gasteiger charge is 2.26. The fraction of sp³-hybridized carbons (Fsp3) is 0.250. The van der Waals surface area contributed by atoms with Gasteiger partial charge in [-0.25, -0.2) is 9.78 Å². The van der Waals surface area contributed by atoms with Gasteiger partial charge in [-0.2, -0.15) is 0 Å². The minimum Gasteiger partial charge on any atom is -0.461 e. The molecule has 0 aliphatic carbocycles. The monoisotopic (exact) mass is 354 g/mol. The van der Waals surface area contributed by atoms with E-state index in [1.54, 1.807) is 25.3 Å². The molecule has 8 nitrogen and oxygen atoms in total. The van der Waals surface area contributed by atoms with Crippen LogP contribution in [0.1, 0.15) is 12.6 Å². The molecule has 0 aliphatic heterocycles. The van der Waals surface area contributed by atoms with Crippen molar-refractivity contribution in [3.63, 3.8) is 0 Å². The van der Waals surface area contributed by atoms with Gasteiger partial charge in [0.05, 0.1) is 6.61 Å². The predicted molar refractivity (Wildman–Crippen MR) is 78.5 cm³/mol. The van der Waals surface area contributed by atoms with E-state index < -0.39 is 5.97 Å². The number of carbonyl (C=O) groups is 1. The van der Waals surface area contributed by atoms with Crippen LogP contribution in [0.4, 0.5) is 5.82 Å². The van der Waals surface area contributed by atoms with Crippen molar-refractivity contribution in [2.75, 3.05) is 13.7 Å². The van der Waals surface area contributed by atoms with Crippen molar-refractivity contribution in [2.24, 2.45) is 10.3 Å². The fourth-order valence-electron chi connectivity index (χ4n) is 1.72. The zero-order valence-electron chi connectivity index (χ0n) is 11.2. The van der Waals surface area contributed by atoms with E-state index in [1.165, 1.54) is 11.5 Å². The van der Waals surface area contributed by atoms with Gasteiger partial charge >= 0.3 is 5.97 Å². The average molecular weight is 355 g/mol. The van der Waals surface area contributed by atoms with Gasteiger partial charge in [-0.3, -0.25) is 4.40 Å². The summed E-state index contributed by atoms with van der Waals surface area (Å²) in [4.78, 5) is 31.9. The topological polar surface area (TPSA) is 94.6 Å². The maximum Gasteiger partial charge on any atom is 0.362 e. The molecule has 0 N–H and O–H groups in total. The van der Waals surface area contributed by atoms with Gasteiger partial charge in [-0.05, 0) is 40.2 Å². The number of hydrogen-bond acceptors (Lipinski definition) is 7.